The Hall–Kier alpha value is -3.41. The molecule has 6 nitrogen and oxygen atoms in total. The van der Waals surface area contributed by atoms with Crippen LogP contribution in [0, 0.1) is 13.8 Å². The van der Waals surface area contributed by atoms with Crippen molar-refractivity contribution >= 4 is 34.2 Å². The number of pyridine rings is 1. The predicted octanol–water partition coefficient (Wildman–Crippen LogP) is 4.95. The summed E-state index contributed by atoms with van der Waals surface area (Å²) in [5.41, 5.74) is 5.09. The monoisotopic (exact) mass is 392 g/mol. The Kier molecular flexibility index (Phi) is 6.12. The summed E-state index contributed by atoms with van der Waals surface area (Å²) in [6.07, 6.45) is 1.54. The smallest absolute Gasteiger partial charge is 0.341 e. The number of aromatic nitrogens is 1. The topological polar surface area (TPSA) is 77.5 Å². The lowest BCUT2D eigenvalue weighted by Crippen LogP contribution is -2.10. The molecular formula is C23H24N2O4. The Morgan fingerprint density at radius 3 is 2.28 bits per heavy atom. The number of nitrogens with one attached hydrogen (secondary N) is 1. The molecule has 0 saturated carbocycles. The Morgan fingerprint density at radius 1 is 0.966 bits per heavy atom. The van der Waals surface area contributed by atoms with Crippen LogP contribution in [0.4, 0.5) is 11.4 Å². The summed E-state index contributed by atoms with van der Waals surface area (Å²) < 4.78 is 10.2. The maximum absolute atomic E-state index is 12.5. The number of esters is 2. The quantitative estimate of drug-likeness (QED) is 0.598. The van der Waals surface area contributed by atoms with Crippen LogP contribution in [0.5, 0.6) is 0 Å². The minimum Gasteiger partial charge on any atom is -0.462 e. The minimum absolute atomic E-state index is 0.275. The standard InChI is InChI=1S/C23H24N2O4/c1-5-28-22(26)16-7-9-17(10-8-16)25-21-18-12-14(3)11-15(4)20(18)24-13-19(21)23(27)29-6-2/h7-13H,5-6H2,1-4H3,(H,24,25). The van der Waals surface area contributed by atoms with Crippen molar-refractivity contribution in [3.05, 3.63) is 64.8 Å². The molecule has 0 fully saturated rings. The number of hydrogen-bond donors (Lipinski definition) is 1. The average Bonchev–Trinajstić information content (AvgIpc) is 2.69. The summed E-state index contributed by atoms with van der Waals surface area (Å²) in [5.74, 6) is -0.807. The van der Waals surface area contributed by atoms with Gasteiger partial charge in [0, 0.05) is 17.3 Å². The molecule has 2 aromatic carbocycles. The number of ether oxygens (including phenoxy) is 2. The number of nitrogens with zero attached hydrogens (tertiary/aromatic N) is 1. The number of carbonyl (C=O) groups excluding carboxylic acids is 2. The lowest BCUT2D eigenvalue weighted by atomic mass is 10.0. The second-order valence-corrected chi connectivity index (χ2v) is 6.67. The molecule has 0 aliphatic rings. The van der Waals surface area contributed by atoms with Gasteiger partial charge in [0.05, 0.1) is 30.0 Å². The van der Waals surface area contributed by atoms with E-state index in [1.54, 1.807) is 38.1 Å². The van der Waals surface area contributed by atoms with Gasteiger partial charge in [-0.1, -0.05) is 11.6 Å². The Labute approximate surface area is 169 Å². The minimum atomic E-state index is -0.438. The van der Waals surface area contributed by atoms with Gasteiger partial charge in [0.15, 0.2) is 0 Å². The molecule has 0 radical (unpaired) electrons. The van der Waals surface area contributed by atoms with E-state index in [0.29, 0.717) is 23.4 Å². The Morgan fingerprint density at radius 2 is 1.62 bits per heavy atom. The molecule has 0 saturated heterocycles. The van der Waals surface area contributed by atoms with E-state index < -0.39 is 5.97 Å². The van der Waals surface area contributed by atoms with E-state index in [-0.39, 0.29) is 12.6 Å². The van der Waals surface area contributed by atoms with Gasteiger partial charge in [-0.3, -0.25) is 4.98 Å². The zero-order valence-electron chi connectivity index (χ0n) is 17.0. The van der Waals surface area contributed by atoms with Gasteiger partial charge in [0.1, 0.15) is 5.56 Å². The van der Waals surface area contributed by atoms with E-state index in [0.717, 1.165) is 27.7 Å². The fourth-order valence-corrected chi connectivity index (χ4v) is 3.21. The van der Waals surface area contributed by atoms with Crippen molar-refractivity contribution in [2.45, 2.75) is 27.7 Å². The highest BCUT2D eigenvalue weighted by atomic mass is 16.5. The average molecular weight is 392 g/mol. The zero-order chi connectivity index (χ0) is 21.0. The van der Waals surface area contributed by atoms with E-state index in [1.807, 2.05) is 19.9 Å². The molecule has 0 aliphatic carbocycles. The van der Waals surface area contributed by atoms with Crippen molar-refractivity contribution in [1.29, 1.82) is 0 Å². The van der Waals surface area contributed by atoms with Gasteiger partial charge >= 0.3 is 11.9 Å². The van der Waals surface area contributed by atoms with Gasteiger partial charge < -0.3 is 14.8 Å². The van der Waals surface area contributed by atoms with Crippen LogP contribution in [0.3, 0.4) is 0 Å². The first-order valence-corrected chi connectivity index (χ1v) is 9.55. The third-order valence-electron chi connectivity index (χ3n) is 4.47. The first-order chi connectivity index (χ1) is 13.9. The van der Waals surface area contributed by atoms with Crippen molar-refractivity contribution in [2.24, 2.45) is 0 Å². The summed E-state index contributed by atoms with van der Waals surface area (Å²) in [6.45, 7) is 8.12. The second kappa shape index (κ2) is 8.73. The van der Waals surface area contributed by atoms with Crippen molar-refractivity contribution in [1.82, 2.24) is 4.98 Å². The molecule has 3 aromatic rings. The van der Waals surface area contributed by atoms with Gasteiger partial charge in [0.25, 0.3) is 0 Å². The first-order valence-electron chi connectivity index (χ1n) is 9.55. The third-order valence-corrected chi connectivity index (χ3v) is 4.47. The summed E-state index contributed by atoms with van der Waals surface area (Å²) in [6, 6.07) is 11.0. The lowest BCUT2D eigenvalue weighted by molar-refractivity contribution is 0.0517. The van der Waals surface area contributed by atoms with E-state index in [1.165, 1.54) is 6.20 Å². The van der Waals surface area contributed by atoms with Crippen molar-refractivity contribution < 1.29 is 19.1 Å². The predicted molar refractivity (Wildman–Crippen MR) is 113 cm³/mol. The van der Waals surface area contributed by atoms with Crippen molar-refractivity contribution in [3.63, 3.8) is 0 Å². The highest BCUT2D eigenvalue weighted by Crippen LogP contribution is 2.32. The number of carbonyl (C=O) groups is 2. The molecule has 0 amide bonds. The number of fused-ring (bicyclic) bond motifs is 1. The van der Waals surface area contributed by atoms with Gasteiger partial charge in [-0.2, -0.15) is 0 Å². The first kappa shape index (κ1) is 20.3. The normalized spacial score (nSPS) is 10.6. The van der Waals surface area contributed by atoms with Crippen molar-refractivity contribution in [2.75, 3.05) is 18.5 Å². The summed E-state index contributed by atoms with van der Waals surface area (Å²) >= 11 is 0. The molecule has 1 N–H and O–H groups in total. The molecular weight excluding hydrogens is 368 g/mol. The lowest BCUT2D eigenvalue weighted by Gasteiger charge is -2.16. The fraction of sp³-hybridized carbons (Fsp3) is 0.261. The van der Waals surface area contributed by atoms with Crippen LogP contribution in [-0.4, -0.2) is 30.1 Å². The van der Waals surface area contributed by atoms with Gasteiger partial charge in [-0.05, 0) is 63.6 Å². The van der Waals surface area contributed by atoms with E-state index in [4.69, 9.17) is 9.47 Å². The highest BCUT2D eigenvalue weighted by molar-refractivity contribution is 6.06. The molecule has 0 spiro atoms. The van der Waals surface area contributed by atoms with Crippen LogP contribution in [0.15, 0.2) is 42.6 Å². The van der Waals surface area contributed by atoms with Gasteiger partial charge in [-0.25, -0.2) is 9.59 Å². The summed E-state index contributed by atoms with van der Waals surface area (Å²) in [4.78, 5) is 28.9. The molecule has 0 bridgehead atoms. The van der Waals surface area contributed by atoms with Crippen LogP contribution in [0.25, 0.3) is 10.9 Å². The molecule has 6 heteroatoms. The maximum atomic E-state index is 12.5. The van der Waals surface area contributed by atoms with Gasteiger partial charge in [-0.15, -0.1) is 0 Å². The SMILES string of the molecule is CCOC(=O)c1ccc(Nc2c(C(=O)OCC)cnc3c(C)cc(C)cc23)cc1. The number of hydrogen-bond acceptors (Lipinski definition) is 6. The largest absolute Gasteiger partial charge is 0.462 e. The van der Waals surface area contributed by atoms with E-state index >= 15 is 0 Å². The van der Waals surface area contributed by atoms with Crippen LogP contribution < -0.4 is 5.32 Å². The number of rotatable bonds is 6. The molecule has 29 heavy (non-hydrogen) atoms. The number of aryl methyl sites for hydroxylation is 2. The molecule has 1 heterocycles. The third kappa shape index (κ3) is 4.37. The molecule has 0 atom stereocenters. The highest BCUT2D eigenvalue weighted by Gasteiger charge is 2.18. The van der Waals surface area contributed by atoms with E-state index in [9.17, 15) is 9.59 Å². The Balaban J connectivity index is 2.07. The molecule has 3 rings (SSSR count). The molecule has 1 aromatic heterocycles. The van der Waals surface area contributed by atoms with Crippen LogP contribution in [0.1, 0.15) is 45.7 Å². The van der Waals surface area contributed by atoms with Crippen LogP contribution >= 0.6 is 0 Å². The number of anilines is 2. The molecule has 0 unspecified atom stereocenters. The molecule has 150 valence electrons. The summed E-state index contributed by atoms with van der Waals surface area (Å²) in [7, 11) is 0. The molecule has 0 aliphatic heterocycles. The van der Waals surface area contributed by atoms with Crippen LogP contribution in [-0.2, 0) is 9.47 Å². The Bertz CT molecular complexity index is 1060. The van der Waals surface area contributed by atoms with E-state index in [2.05, 4.69) is 16.4 Å². The maximum Gasteiger partial charge on any atom is 0.341 e. The van der Waals surface area contributed by atoms with Gasteiger partial charge in [0.2, 0.25) is 0 Å². The number of benzene rings is 2. The van der Waals surface area contributed by atoms with Crippen LogP contribution in [0.2, 0.25) is 0 Å². The summed E-state index contributed by atoms with van der Waals surface area (Å²) in [5, 5.41) is 4.15. The second-order valence-electron chi connectivity index (χ2n) is 6.67. The fourth-order valence-electron chi connectivity index (χ4n) is 3.21. The zero-order valence-corrected chi connectivity index (χ0v) is 17.0. The van der Waals surface area contributed by atoms with Crippen molar-refractivity contribution in [3.8, 4) is 0 Å².